The third-order valence-corrected chi connectivity index (χ3v) is 4.01. The van der Waals surface area contributed by atoms with Gasteiger partial charge in [0.05, 0.1) is 0 Å². The summed E-state index contributed by atoms with van der Waals surface area (Å²) in [6.45, 7) is 4.05. The van der Waals surface area contributed by atoms with E-state index in [1.807, 2.05) is 19.1 Å². The average Bonchev–Trinajstić information content (AvgIpc) is 2.86. The zero-order valence-electron chi connectivity index (χ0n) is 11.2. The van der Waals surface area contributed by atoms with Gasteiger partial charge in [0, 0.05) is 17.3 Å². The molecular weight excluding hydrogens is 224 g/mol. The first-order valence-corrected chi connectivity index (χ1v) is 6.75. The van der Waals surface area contributed by atoms with Gasteiger partial charge in [-0.15, -0.1) is 0 Å². The Morgan fingerprint density at radius 2 is 2.06 bits per heavy atom. The number of rotatable bonds is 3. The van der Waals surface area contributed by atoms with E-state index in [0.29, 0.717) is 17.2 Å². The van der Waals surface area contributed by atoms with Gasteiger partial charge in [-0.05, 0) is 50.3 Å². The molecule has 0 heterocycles. The van der Waals surface area contributed by atoms with E-state index < -0.39 is 0 Å². The van der Waals surface area contributed by atoms with Crippen LogP contribution in [0.4, 0.5) is 5.69 Å². The molecule has 3 N–H and O–H groups in total. The molecule has 1 aliphatic carbocycles. The fourth-order valence-corrected chi connectivity index (χ4v) is 2.65. The second-order valence-electron chi connectivity index (χ2n) is 5.38. The second-order valence-corrected chi connectivity index (χ2v) is 5.38. The molecule has 3 heteroatoms. The Bertz CT molecular complexity index is 436. The molecule has 0 radical (unpaired) electrons. The topological polar surface area (TPSA) is 55.1 Å². The van der Waals surface area contributed by atoms with Crippen molar-refractivity contribution in [2.24, 2.45) is 5.92 Å². The Kier molecular flexibility index (Phi) is 3.90. The third kappa shape index (κ3) is 2.84. The molecule has 1 aliphatic rings. The summed E-state index contributed by atoms with van der Waals surface area (Å²) in [5.74, 6) is 0.623. The van der Waals surface area contributed by atoms with Crippen LogP contribution < -0.4 is 11.1 Å². The van der Waals surface area contributed by atoms with Gasteiger partial charge in [0.15, 0.2) is 0 Å². The van der Waals surface area contributed by atoms with Crippen molar-refractivity contribution in [1.82, 2.24) is 5.32 Å². The largest absolute Gasteiger partial charge is 0.398 e. The van der Waals surface area contributed by atoms with E-state index in [0.717, 1.165) is 5.56 Å². The summed E-state index contributed by atoms with van der Waals surface area (Å²) in [6, 6.07) is 5.74. The molecule has 1 aromatic rings. The van der Waals surface area contributed by atoms with Crippen LogP contribution in [0.1, 0.15) is 48.5 Å². The Morgan fingerprint density at radius 3 is 2.67 bits per heavy atom. The van der Waals surface area contributed by atoms with Crippen LogP contribution in [0.15, 0.2) is 18.2 Å². The van der Waals surface area contributed by atoms with E-state index in [2.05, 4.69) is 12.2 Å². The fourth-order valence-electron chi connectivity index (χ4n) is 2.65. The van der Waals surface area contributed by atoms with E-state index >= 15 is 0 Å². The smallest absolute Gasteiger partial charge is 0.251 e. The number of carbonyl (C=O) groups is 1. The van der Waals surface area contributed by atoms with Crippen LogP contribution in [0.3, 0.4) is 0 Å². The third-order valence-electron chi connectivity index (χ3n) is 4.01. The molecule has 0 aliphatic heterocycles. The number of amides is 1. The highest BCUT2D eigenvalue weighted by Gasteiger charge is 2.23. The Morgan fingerprint density at radius 1 is 1.39 bits per heavy atom. The molecule has 1 aromatic carbocycles. The zero-order chi connectivity index (χ0) is 13.1. The standard InChI is InChI=1S/C15H22N2O/c1-10-7-8-13(9-14(10)16)15(18)17-11(2)12-5-3-4-6-12/h7-9,11-12H,3-6,16H2,1-2H3,(H,17,18)/t11-/m0/s1. The number of nitrogens with two attached hydrogens (primary N) is 1. The second kappa shape index (κ2) is 5.42. The van der Waals surface area contributed by atoms with Gasteiger partial charge in [-0.1, -0.05) is 18.9 Å². The lowest BCUT2D eigenvalue weighted by atomic mass is 9.99. The summed E-state index contributed by atoms with van der Waals surface area (Å²) < 4.78 is 0. The number of carbonyl (C=O) groups excluding carboxylic acids is 1. The van der Waals surface area contributed by atoms with Crippen molar-refractivity contribution in [3.05, 3.63) is 29.3 Å². The van der Waals surface area contributed by atoms with Crippen LogP contribution in [0.2, 0.25) is 0 Å². The van der Waals surface area contributed by atoms with Crippen molar-refractivity contribution in [3.63, 3.8) is 0 Å². The number of benzene rings is 1. The van der Waals surface area contributed by atoms with Crippen molar-refractivity contribution in [3.8, 4) is 0 Å². The van der Waals surface area contributed by atoms with Gasteiger partial charge >= 0.3 is 0 Å². The lowest BCUT2D eigenvalue weighted by Crippen LogP contribution is -2.37. The number of aryl methyl sites for hydroxylation is 1. The quantitative estimate of drug-likeness (QED) is 0.806. The van der Waals surface area contributed by atoms with Crippen LogP contribution in [0.5, 0.6) is 0 Å². The molecule has 1 saturated carbocycles. The summed E-state index contributed by atoms with van der Waals surface area (Å²) in [6.07, 6.45) is 5.06. The van der Waals surface area contributed by atoms with Gasteiger partial charge in [0.1, 0.15) is 0 Å². The molecule has 1 atom stereocenters. The van der Waals surface area contributed by atoms with Gasteiger partial charge in [-0.2, -0.15) is 0 Å². The van der Waals surface area contributed by atoms with Crippen molar-refractivity contribution in [1.29, 1.82) is 0 Å². The molecule has 18 heavy (non-hydrogen) atoms. The van der Waals surface area contributed by atoms with E-state index in [-0.39, 0.29) is 11.9 Å². The van der Waals surface area contributed by atoms with Crippen molar-refractivity contribution < 1.29 is 4.79 Å². The van der Waals surface area contributed by atoms with E-state index in [4.69, 9.17) is 5.73 Å². The monoisotopic (exact) mass is 246 g/mol. The van der Waals surface area contributed by atoms with E-state index in [1.165, 1.54) is 25.7 Å². The number of anilines is 1. The minimum Gasteiger partial charge on any atom is -0.398 e. The first-order chi connectivity index (χ1) is 8.58. The first-order valence-electron chi connectivity index (χ1n) is 6.75. The lowest BCUT2D eigenvalue weighted by molar-refractivity contribution is 0.0927. The summed E-state index contributed by atoms with van der Waals surface area (Å²) in [5.41, 5.74) is 8.17. The lowest BCUT2D eigenvalue weighted by Gasteiger charge is -2.20. The van der Waals surface area contributed by atoms with Gasteiger partial charge in [0.2, 0.25) is 0 Å². The molecule has 1 fully saturated rings. The minimum atomic E-state index is -0.0129. The van der Waals surface area contributed by atoms with Crippen LogP contribution in [0, 0.1) is 12.8 Å². The highest BCUT2D eigenvalue weighted by Crippen LogP contribution is 2.27. The zero-order valence-corrected chi connectivity index (χ0v) is 11.2. The predicted molar refractivity (Wildman–Crippen MR) is 74.5 cm³/mol. The fraction of sp³-hybridized carbons (Fsp3) is 0.533. The van der Waals surface area contributed by atoms with Gasteiger partial charge < -0.3 is 11.1 Å². The summed E-state index contributed by atoms with van der Waals surface area (Å²) in [7, 11) is 0. The van der Waals surface area contributed by atoms with Crippen LogP contribution in [0.25, 0.3) is 0 Å². The van der Waals surface area contributed by atoms with E-state index in [1.54, 1.807) is 6.07 Å². The minimum absolute atomic E-state index is 0.0129. The molecule has 0 aromatic heterocycles. The van der Waals surface area contributed by atoms with Crippen molar-refractivity contribution in [2.45, 2.75) is 45.6 Å². The normalized spacial score (nSPS) is 17.7. The predicted octanol–water partition coefficient (Wildman–Crippen LogP) is 2.89. The number of nitrogens with one attached hydrogen (secondary N) is 1. The van der Waals surface area contributed by atoms with Gasteiger partial charge in [0.25, 0.3) is 5.91 Å². The SMILES string of the molecule is Cc1ccc(C(=O)N[C@@H](C)C2CCCC2)cc1N. The maximum atomic E-state index is 12.1. The molecule has 3 nitrogen and oxygen atoms in total. The Balaban J connectivity index is 2.00. The summed E-state index contributed by atoms with van der Waals surface area (Å²) in [4.78, 5) is 12.1. The average molecular weight is 246 g/mol. The summed E-state index contributed by atoms with van der Waals surface area (Å²) in [5, 5.41) is 3.09. The molecule has 0 spiro atoms. The van der Waals surface area contributed by atoms with Crippen LogP contribution in [-0.2, 0) is 0 Å². The van der Waals surface area contributed by atoms with Crippen LogP contribution in [-0.4, -0.2) is 11.9 Å². The molecule has 1 amide bonds. The molecule has 0 saturated heterocycles. The van der Waals surface area contributed by atoms with Crippen molar-refractivity contribution >= 4 is 11.6 Å². The number of hydrogen-bond acceptors (Lipinski definition) is 2. The summed E-state index contributed by atoms with van der Waals surface area (Å²) >= 11 is 0. The first kappa shape index (κ1) is 12.9. The molecule has 98 valence electrons. The molecule has 0 bridgehead atoms. The Hall–Kier alpha value is -1.51. The molecule has 0 unspecified atom stereocenters. The van der Waals surface area contributed by atoms with Crippen LogP contribution >= 0.6 is 0 Å². The van der Waals surface area contributed by atoms with Gasteiger partial charge in [-0.3, -0.25) is 4.79 Å². The number of nitrogen functional groups attached to an aromatic ring is 1. The number of hydrogen-bond donors (Lipinski definition) is 2. The van der Waals surface area contributed by atoms with Crippen molar-refractivity contribution in [2.75, 3.05) is 5.73 Å². The maximum absolute atomic E-state index is 12.1. The molecular formula is C15H22N2O. The highest BCUT2D eigenvalue weighted by molar-refractivity contribution is 5.95. The maximum Gasteiger partial charge on any atom is 0.251 e. The highest BCUT2D eigenvalue weighted by atomic mass is 16.1. The van der Waals surface area contributed by atoms with E-state index in [9.17, 15) is 4.79 Å². The van der Waals surface area contributed by atoms with Gasteiger partial charge in [-0.25, -0.2) is 0 Å². The Labute approximate surface area is 109 Å². The molecule has 2 rings (SSSR count).